The number of aliphatic imine (C=N–C) groups is 2. The number of benzene rings is 1. The lowest BCUT2D eigenvalue weighted by Crippen LogP contribution is -2.26. The molecule has 116 valence electrons. The second kappa shape index (κ2) is 6.61. The number of nitrogens with two attached hydrogens (primary N) is 3. The van der Waals surface area contributed by atoms with E-state index in [9.17, 15) is 0 Å². The number of hydrogen-bond donors (Lipinski definition) is 3. The maximum atomic E-state index is 5.71. The second-order valence-corrected chi connectivity index (χ2v) is 4.67. The minimum absolute atomic E-state index is 0.000321. The molecule has 1 heterocycles. The van der Waals surface area contributed by atoms with Gasteiger partial charge in [-0.2, -0.15) is 10.1 Å². The van der Waals surface area contributed by atoms with Crippen LogP contribution in [-0.2, 0) is 13.7 Å². The Bertz CT molecular complexity index is 696. The van der Waals surface area contributed by atoms with E-state index < -0.39 is 0 Å². The molecule has 0 aliphatic carbocycles. The highest BCUT2D eigenvalue weighted by atomic mass is 16.5. The van der Waals surface area contributed by atoms with Crippen molar-refractivity contribution in [2.75, 3.05) is 0 Å². The van der Waals surface area contributed by atoms with Crippen LogP contribution < -0.4 is 21.9 Å². The third-order valence-corrected chi connectivity index (χ3v) is 3.06. The van der Waals surface area contributed by atoms with E-state index in [0.717, 1.165) is 17.0 Å². The summed E-state index contributed by atoms with van der Waals surface area (Å²) >= 11 is 0. The summed E-state index contributed by atoms with van der Waals surface area (Å²) in [6, 6.07) is 7.13. The molecule has 0 fully saturated rings. The van der Waals surface area contributed by atoms with E-state index in [1.165, 1.54) is 0 Å². The molecule has 0 aliphatic rings. The van der Waals surface area contributed by atoms with Crippen molar-refractivity contribution < 1.29 is 4.74 Å². The predicted molar refractivity (Wildman–Crippen MR) is 85.8 cm³/mol. The normalized spacial score (nSPS) is 11.3. The molecule has 8 heteroatoms. The van der Waals surface area contributed by atoms with Crippen molar-refractivity contribution in [2.45, 2.75) is 13.5 Å². The summed E-state index contributed by atoms with van der Waals surface area (Å²) in [4.78, 5) is 7.70. The number of rotatable bonds is 4. The molecule has 0 unspecified atom stereocenters. The van der Waals surface area contributed by atoms with Gasteiger partial charge in [-0.05, 0) is 31.2 Å². The van der Waals surface area contributed by atoms with Gasteiger partial charge >= 0.3 is 0 Å². The molecule has 22 heavy (non-hydrogen) atoms. The molecular weight excluding hydrogens is 282 g/mol. The zero-order valence-electron chi connectivity index (χ0n) is 12.5. The third-order valence-electron chi connectivity index (χ3n) is 3.06. The highest BCUT2D eigenvalue weighted by molar-refractivity contribution is 5.93. The van der Waals surface area contributed by atoms with E-state index in [1.54, 1.807) is 30.5 Å². The Labute approximate surface area is 128 Å². The van der Waals surface area contributed by atoms with Crippen LogP contribution >= 0.6 is 0 Å². The smallest absolute Gasteiger partial charge is 0.223 e. The molecule has 2 aromatic rings. The highest BCUT2D eigenvalue weighted by Gasteiger charge is 2.04. The van der Waals surface area contributed by atoms with Crippen LogP contribution in [0.4, 0.5) is 5.69 Å². The summed E-state index contributed by atoms with van der Waals surface area (Å²) < 4.78 is 7.52. The van der Waals surface area contributed by atoms with E-state index in [0.29, 0.717) is 12.3 Å². The molecule has 0 amide bonds. The van der Waals surface area contributed by atoms with E-state index in [-0.39, 0.29) is 11.9 Å². The third kappa shape index (κ3) is 3.98. The SMILES string of the molecule is Cc1c(COc2ccc(N=C(N)N=C(N)N)cc2)cnn1C. The summed E-state index contributed by atoms with van der Waals surface area (Å²) in [5.41, 5.74) is 18.8. The van der Waals surface area contributed by atoms with Crippen molar-refractivity contribution in [3.63, 3.8) is 0 Å². The van der Waals surface area contributed by atoms with Gasteiger partial charge in [-0.25, -0.2) is 4.99 Å². The number of nitrogens with zero attached hydrogens (tertiary/aromatic N) is 4. The topological polar surface area (TPSA) is 130 Å². The first kappa shape index (κ1) is 15.4. The predicted octanol–water partition coefficient (Wildman–Crippen LogP) is 0.527. The molecule has 0 radical (unpaired) electrons. The quantitative estimate of drug-likeness (QED) is 0.560. The minimum atomic E-state index is -0.131. The summed E-state index contributed by atoms with van der Waals surface area (Å²) in [7, 11) is 1.90. The van der Waals surface area contributed by atoms with Crippen molar-refractivity contribution in [3.05, 3.63) is 41.7 Å². The average Bonchev–Trinajstić information content (AvgIpc) is 2.77. The molecule has 1 aromatic carbocycles. The van der Waals surface area contributed by atoms with E-state index >= 15 is 0 Å². The summed E-state index contributed by atoms with van der Waals surface area (Å²) in [5, 5.41) is 4.17. The number of guanidine groups is 2. The lowest BCUT2D eigenvalue weighted by Gasteiger charge is -2.06. The molecular formula is C14H19N7O. The van der Waals surface area contributed by atoms with Crippen LogP contribution in [-0.4, -0.2) is 21.7 Å². The molecule has 8 nitrogen and oxygen atoms in total. The average molecular weight is 301 g/mol. The van der Waals surface area contributed by atoms with Crippen LogP contribution in [0.1, 0.15) is 11.3 Å². The molecule has 0 atom stereocenters. The van der Waals surface area contributed by atoms with E-state index in [1.807, 2.05) is 18.7 Å². The van der Waals surface area contributed by atoms with Crippen molar-refractivity contribution >= 4 is 17.6 Å². The van der Waals surface area contributed by atoms with Crippen LogP contribution in [0.2, 0.25) is 0 Å². The van der Waals surface area contributed by atoms with Gasteiger partial charge in [0.15, 0.2) is 5.96 Å². The fourth-order valence-electron chi connectivity index (χ4n) is 1.75. The largest absolute Gasteiger partial charge is 0.489 e. The van der Waals surface area contributed by atoms with Crippen molar-refractivity contribution in [1.29, 1.82) is 0 Å². The summed E-state index contributed by atoms with van der Waals surface area (Å²) in [6.07, 6.45) is 1.80. The van der Waals surface area contributed by atoms with Crippen molar-refractivity contribution in [2.24, 2.45) is 34.2 Å². The number of hydrogen-bond acceptors (Lipinski definition) is 3. The Kier molecular flexibility index (Phi) is 4.62. The van der Waals surface area contributed by atoms with Gasteiger partial charge in [0.2, 0.25) is 5.96 Å². The summed E-state index contributed by atoms with van der Waals surface area (Å²) in [6.45, 7) is 2.45. The standard InChI is InChI=1S/C14H19N7O/c1-9-10(7-18-21(9)2)8-22-12-5-3-11(4-6-12)19-14(17)20-13(15)16/h3-7H,8H2,1-2H3,(H6,15,16,17,19,20). The van der Waals surface area contributed by atoms with Crippen LogP contribution in [0.3, 0.4) is 0 Å². The van der Waals surface area contributed by atoms with Gasteiger partial charge in [-0.15, -0.1) is 0 Å². The minimum Gasteiger partial charge on any atom is -0.489 e. The zero-order chi connectivity index (χ0) is 16.1. The van der Waals surface area contributed by atoms with Gasteiger partial charge in [0.05, 0.1) is 11.9 Å². The fraction of sp³-hybridized carbons (Fsp3) is 0.214. The van der Waals surface area contributed by atoms with Gasteiger partial charge in [0.25, 0.3) is 0 Å². The molecule has 0 aliphatic heterocycles. The Balaban J connectivity index is 2.00. The molecule has 1 aromatic heterocycles. The van der Waals surface area contributed by atoms with Gasteiger partial charge in [0.1, 0.15) is 12.4 Å². The van der Waals surface area contributed by atoms with Gasteiger partial charge < -0.3 is 21.9 Å². The number of aryl methyl sites for hydroxylation is 1. The van der Waals surface area contributed by atoms with Gasteiger partial charge in [0, 0.05) is 18.3 Å². The number of aromatic nitrogens is 2. The van der Waals surface area contributed by atoms with Crippen LogP contribution in [0.5, 0.6) is 5.75 Å². The summed E-state index contributed by atoms with van der Waals surface area (Å²) in [5.74, 6) is 0.593. The fourth-order valence-corrected chi connectivity index (χ4v) is 1.75. The molecule has 0 bridgehead atoms. The Morgan fingerprint density at radius 1 is 1.23 bits per heavy atom. The highest BCUT2D eigenvalue weighted by Crippen LogP contribution is 2.19. The van der Waals surface area contributed by atoms with Crippen LogP contribution in [0.25, 0.3) is 0 Å². The Hall–Kier alpha value is -3.03. The van der Waals surface area contributed by atoms with E-state index in [2.05, 4.69) is 15.1 Å². The molecule has 2 rings (SSSR count). The lowest BCUT2D eigenvalue weighted by atomic mass is 10.3. The first-order valence-electron chi connectivity index (χ1n) is 6.60. The second-order valence-electron chi connectivity index (χ2n) is 4.67. The van der Waals surface area contributed by atoms with Crippen LogP contribution in [0.15, 0.2) is 40.4 Å². The Morgan fingerprint density at radius 2 is 1.91 bits per heavy atom. The van der Waals surface area contributed by atoms with Crippen molar-refractivity contribution in [3.8, 4) is 5.75 Å². The number of ether oxygens (including phenoxy) is 1. The molecule has 0 spiro atoms. The first-order valence-corrected chi connectivity index (χ1v) is 6.60. The zero-order valence-corrected chi connectivity index (χ0v) is 12.5. The molecule has 6 N–H and O–H groups in total. The molecule has 0 saturated carbocycles. The first-order chi connectivity index (χ1) is 10.5. The Morgan fingerprint density at radius 3 is 2.45 bits per heavy atom. The van der Waals surface area contributed by atoms with Gasteiger partial charge in [-0.1, -0.05) is 0 Å². The monoisotopic (exact) mass is 301 g/mol. The lowest BCUT2D eigenvalue weighted by molar-refractivity contribution is 0.305. The van der Waals surface area contributed by atoms with Crippen LogP contribution in [0, 0.1) is 6.92 Å². The molecule has 0 saturated heterocycles. The van der Waals surface area contributed by atoms with E-state index in [4.69, 9.17) is 21.9 Å². The maximum Gasteiger partial charge on any atom is 0.223 e. The van der Waals surface area contributed by atoms with Crippen molar-refractivity contribution in [1.82, 2.24) is 9.78 Å². The maximum absolute atomic E-state index is 5.71. The van der Waals surface area contributed by atoms with Gasteiger partial charge in [-0.3, -0.25) is 4.68 Å².